The second-order valence-electron chi connectivity index (χ2n) is 6.89. The maximum atomic E-state index is 12.9. The predicted octanol–water partition coefficient (Wildman–Crippen LogP) is 3.70. The number of hydrogen-bond acceptors (Lipinski definition) is 5. The van der Waals surface area contributed by atoms with Gasteiger partial charge in [-0.2, -0.15) is 0 Å². The van der Waals surface area contributed by atoms with Crippen LogP contribution in [0.3, 0.4) is 0 Å². The molecule has 0 aliphatic carbocycles. The Morgan fingerprint density at radius 1 is 1.21 bits per heavy atom. The van der Waals surface area contributed by atoms with Crippen LogP contribution in [-0.2, 0) is 11.2 Å². The summed E-state index contributed by atoms with van der Waals surface area (Å²) in [7, 11) is 0. The van der Waals surface area contributed by atoms with Crippen molar-refractivity contribution in [2.24, 2.45) is 0 Å². The Hall–Kier alpha value is -2.77. The van der Waals surface area contributed by atoms with E-state index in [-0.39, 0.29) is 23.9 Å². The van der Waals surface area contributed by atoms with Gasteiger partial charge in [0.1, 0.15) is 6.23 Å². The van der Waals surface area contributed by atoms with Crippen LogP contribution in [0, 0.1) is 10.1 Å². The number of non-ortho nitro benzene ring substituents is 1. The highest BCUT2D eigenvalue weighted by molar-refractivity contribution is 5.94. The van der Waals surface area contributed by atoms with E-state index in [2.05, 4.69) is 17.6 Å². The Kier molecular flexibility index (Phi) is 6.73. The second-order valence-corrected chi connectivity index (χ2v) is 6.89. The van der Waals surface area contributed by atoms with Crippen LogP contribution in [0.25, 0.3) is 0 Å². The first-order valence-corrected chi connectivity index (χ1v) is 9.58. The molecule has 1 heterocycles. The van der Waals surface area contributed by atoms with Gasteiger partial charge in [-0.25, -0.2) is 10.4 Å². The summed E-state index contributed by atoms with van der Waals surface area (Å²) in [6.45, 7) is 2.60. The molecule has 7 heteroatoms. The Morgan fingerprint density at radius 2 is 1.93 bits per heavy atom. The number of nitrogens with one attached hydrogen (secondary N) is 1. The van der Waals surface area contributed by atoms with Crippen LogP contribution in [0.2, 0.25) is 0 Å². The number of benzene rings is 2. The van der Waals surface area contributed by atoms with E-state index in [0.29, 0.717) is 18.6 Å². The SMILES string of the molecule is CCCOC1C[C@H](CCc2ccccc2)NN1C(=O)c1ccc([N+](=O)[O-])cc1. The number of rotatable bonds is 8. The standard InChI is InChI=1S/C21H25N3O4/c1-2-14-28-20-15-18(11-8-16-6-4-3-5-7-16)22-23(20)21(25)17-9-12-19(13-10-17)24(26)27/h3-7,9-10,12-13,18,20,22H,2,8,11,14-15H2,1H3/t18-,20?/m0/s1. The first-order valence-electron chi connectivity index (χ1n) is 9.58. The Bertz CT molecular complexity index is 795. The summed E-state index contributed by atoms with van der Waals surface area (Å²) in [5.74, 6) is -0.238. The fourth-order valence-electron chi connectivity index (χ4n) is 3.30. The number of nitrogens with zero attached hydrogens (tertiary/aromatic N) is 2. The van der Waals surface area contributed by atoms with Crippen LogP contribution < -0.4 is 5.43 Å². The maximum absolute atomic E-state index is 12.9. The van der Waals surface area contributed by atoms with Crippen LogP contribution in [0.5, 0.6) is 0 Å². The molecule has 7 nitrogen and oxygen atoms in total. The van der Waals surface area contributed by atoms with E-state index < -0.39 is 4.92 Å². The lowest BCUT2D eigenvalue weighted by molar-refractivity contribution is -0.384. The number of amides is 1. The summed E-state index contributed by atoms with van der Waals surface area (Å²) in [5, 5.41) is 12.4. The number of hydrogen-bond donors (Lipinski definition) is 1. The molecule has 3 rings (SSSR count). The van der Waals surface area contributed by atoms with Crippen LogP contribution in [0.15, 0.2) is 54.6 Å². The minimum atomic E-state index is -0.477. The van der Waals surface area contributed by atoms with Crippen molar-refractivity contribution < 1.29 is 14.5 Å². The highest BCUT2D eigenvalue weighted by atomic mass is 16.6. The van der Waals surface area contributed by atoms with Gasteiger partial charge in [-0.3, -0.25) is 14.9 Å². The highest BCUT2D eigenvalue weighted by Gasteiger charge is 2.36. The minimum absolute atomic E-state index is 0.0366. The van der Waals surface area contributed by atoms with Gasteiger partial charge in [-0.15, -0.1) is 0 Å². The van der Waals surface area contributed by atoms with Crippen LogP contribution in [-0.4, -0.2) is 34.7 Å². The molecule has 1 unspecified atom stereocenters. The number of carbonyl (C=O) groups excluding carboxylic acids is 1. The van der Waals surface area contributed by atoms with E-state index in [4.69, 9.17) is 4.74 Å². The van der Waals surface area contributed by atoms with Gasteiger partial charge in [0.05, 0.1) is 4.92 Å². The minimum Gasteiger partial charge on any atom is -0.357 e. The van der Waals surface area contributed by atoms with Crippen molar-refractivity contribution in [3.63, 3.8) is 0 Å². The van der Waals surface area contributed by atoms with Gasteiger partial charge in [0, 0.05) is 36.8 Å². The van der Waals surface area contributed by atoms with E-state index in [1.807, 2.05) is 25.1 Å². The fraction of sp³-hybridized carbons (Fsp3) is 0.381. The van der Waals surface area contributed by atoms with Gasteiger partial charge in [0.2, 0.25) is 0 Å². The van der Waals surface area contributed by atoms with E-state index in [1.54, 1.807) is 0 Å². The summed E-state index contributed by atoms with van der Waals surface area (Å²) in [5.41, 5.74) is 4.90. The van der Waals surface area contributed by atoms with Gasteiger partial charge in [0.25, 0.3) is 11.6 Å². The van der Waals surface area contributed by atoms with E-state index in [9.17, 15) is 14.9 Å². The zero-order valence-electron chi connectivity index (χ0n) is 15.9. The van der Waals surface area contributed by atoms with Crippen molar-refractivity contribution in [1.82, 2.24) is 10.4 Å². The smallest absolute Gasteiger partial charge is 0.270 e. The number of nitro groups is 1. The molecule has 0 saturated carbocycles. The molecule has 1 amide bonds. The average molecular weight is 383 g/mol. The molecular weight excluding hydrogens is 358 g/mol. The van der Waals surface area contributed by atoms with Crippen LogP contribution in [0.4, 0.5) is 5.69 Å². The number of aryl methyl sites for hydroxylation is 1. The van der Waals surface area contributed by atoms with Crippen LogP contribution in [0.1, 0.15) is 42.1 Å². The quantitative estimate of drug-likeness (QED) is 0.555. The molecule has 0 aromatic heterocycles. The normalized spacial score (nSPS) is 19.0. The third-order valence-electron chi connectivity index (χ3n) is 4.78. The van der Waals surface area contributed by atoms with Crippen molar-refractivity contribution >= 4 is 11.6 Å². The van der Waals surface area contributed by atoms with E-state index >= 15 is 0 Å². The Morgan fingerprint density at radius 3 is 2.57 bits per heavy atom. The van der Waals surface area contributed by atoms with Gasteiger partial charge in [0.15, 0.2) is 0 Å². The summed E-state index contributed by atoms with van der Waals surface area (Å²) < 4.78 is 5.89. The Balaban J connectivity index is 1.67. The summed E-state index contributed by atoms with van der Waals surface area (Å²) in [6, 6.07) is 16.0. The predicted molar refractivity (Wildman–Crippen MR) is 106 cm³/mol. The number of ether oxygens (including phenoxy) is 1. The molecule has 0 radical (unpaired) electrons. The van der Waals surface area contributed by atoms with Crippen molar-refractivity contribution in [2.45, 2.75) is 44.9 Å². The van der Waals surface area contributed by atoms with Gasteiger partial charge >= 0.3 is 0 Å². The van der Waals surface area contributed by atoms with Crippen molar-refractivity contribution in [1.29, 1.82) is 0 Å². The molecule has 1 N–H and O–H groups in total. The second kappa shape index (κ2) is 9.43. The zero-order chi connectivity index (χ0) is 19.9. The largest absolute Gasteiger partial charge is 0.357 e. The van der Waals surface area contributed by atoms with Crippen molar-refractivity contribution in [3.05, 3.63) is 75.8 Å². The summed E-state index contributed by atoms with van der Waals surface area (Å²) in [4.78, 5) is 23.3. The highest BCUT2D eigenvalue weighted by Crippen LogP contribution is 2.23. The Labute approximate surface area is 164 Å². The van der Waals surface area contributed by atoms with Crippen LogP contribution >= 0.6 is 0 Å². The molecule has 1 fully saturated rings. The van der Waals surface area contributed by atoms with Gasteiger partial charge in [-0.05, 0) is 37.0 Å². The molecule has 1 aliphatic heterocycles. The lowest BCUT2D eigenvalue weighted by Crippen LogP contribution is -2.45. The summed E-state index contributed by atoms with van der Waals surface area (Å²) >= 11 is 0. The number of carbonyl (C=O) groups is 1. The van der Waals surface area contributed by atoms with Gasteiger partial charge in [-0.1, -0.05) is 37.3 Å². The van der Waals surface area contributed by atoms with Gasteiger partial charge < -0.3 is 4.74 Å². The van der Waals surface area contributed by atoms with E-state index in [0.717, 1.165) is 19.3 Å². The molecule has 2 atom stereocenters. The first-order chi connectivity index (χ1) is 13.6. The lowest BCUT2D eigenvalue weighted by atomic mass is 10.0. The third kappa shape index (κ3) is 4.94. The molecule has 0 spiro atoms. The molecule has 2 aromatic rings. The fourth-order valence-corrected chi connectivity index (χ4v) is 3.30. The number of nitro benzene ring substituents is 1. The zero-order valence-corrected chi connectivity index (χ0v) is 15.9. The third-order valence-corrected chi connectivity index (χ3v) is 4.78. The molecule has 1 aliphatic rings. The molecule has 2 aromatic carbocycles. The topological polar surface area (TPSA) is 84.7 Å². The molecular formula is C21H25N3O4. The van der Waals surface area contributed by atoms with E-state index in [1.165, 1.54) is 34.8 Å². The monoisotopic (exact) mass is 383 g/mol. The summed E-state index contributed by atoms with van der Waals surface area (Å²) in [6.07, 6.45) is 3.04. The lowest BCUT2D eigenvalue weighted by Gasteiger charge is -2.24. The molecule has 1 saturated heterocycles. The average Bonchev–Trinajstić information content (AvgIpc) is 3.14. The van der Waals surface area contributed by atoms with Crippen molar-refractivity contribution in [3.8, 4) is 0 Å². The maximum Gasteiger partial charge on any atom is 0.270 e. The van der Waals surface area contributed by atoms with Crippen molar-refractivity contribution in [2.75, 3.05) is 6.61 Å². The first kappa shape index (κ1) is 20.0. The molecule has 28 heavy (non-hydrogen) atoms. The molecule has 148 valence electrons. The molecule has 0 bridgehead atoms. The number of hydrazine groups is 1.